The van der Waals surface area contributed by atoms with Crippen LogP contribution in [0.5, 0.6) is 17.4 Å². The first-order valence-electron chi connectivity index (χ1n) is 6.94. The van der Waals surface area contributed by atoms with E-state index in [0.717, 1.165) is 28.1 Å². The number of hydrogen-bond acceptors (Lipinski definition) is 4. The number of pyridine rings is 1. The van der Waals surface area contributed by atoms with E-state index in [-0.39, 0.29) is 0 Å². The molecule has 1 N–H and O–H groups in total. The lowest BCUT2D eigenvalue weighted by atomic mass is 10.2. The van der Waals surface area contributed by atoms with Crippen molar-refractivity contribution in [3.63, 3.8) is 0 Å². The summed E-state index contributed by atoms with van der Waals surface area (Å²) in [7, 11) is 1.65. The van der Waals surface area contributed by atoms with Gasteiger partial charge in [0.2, 0.25) is 5.88 Å². The highest BCUT2D eigenvalue weighted by Gasteiger charge is 2.21. The number of rotatable bonds is 6. The normalized spacial score (nSPS) is 14.0. The molecule has 4 nitrogen and oxygen atoms in total. The molecule has 1 aromatic carbocycles. The van der Waals surface area contributed by atoms with E-state index in [1.807, 2.05) is 30.3 Å². The maximum absolute atomic E-state index is 5.89. The molecule has 1 aromatic heterocycles. The summed E-state index contributed by atoms with van der Waals surface area (Å²) < 4.78 is 12.0. The zero-order valence-electron chi connectivity index (χ0n) is 11.8. The largest absolute Gasteiger partial charge is 0.497 e. The van der Waals surface area contributed by atoms with Gasteiger partial charge in [0.25, 0.3) is 0 Å². The number of hydrogen-bond donors (Lipinski definition) is 1. The van der Waals surface area contributed by atoms with Crippen LogP contribution in [0.2, 0.25) is 0 Å². The van der Waals surface area contributed by atoms with E-state index >= 15 is 0 Å². The Hall–Kier alpha value is -1.59. The van der Waals surface area contributed by atoms with Gasteiger partial charge in [-0.15, -0.1) is 0 Å². The Balaban J connectivity index is 1.75. The molecule has 1 heterocycles. The number of nitrogens with one attached hydrogen (secondary N) is 1. The average molecular weight is 349 g/mol. The lowest BCUT2D eigenvalue weighted by Gasteiger charge is -2.11. The van der Waals surface area contributed by atoms with Crippen molar-refractivity contribution in [1.29, 1.82) is 0 Å². The smallest absolute Gasteiger partial charge is 0.223 e. The molecule has 0 saturated heterocycles. The van der Waals surface area contributed by atoms with Crippen molar-refractivity contribution in [3.8, 4) is 17.4 Å². The van der Waals surface area contributed by atoms with Gasteiger partial charge in [0.15, 0.2) is 0 Å². The van der Waals surface area contributed by atoms with Crippen molar-refractivity contribution in [2.45, 2.75) is 25.4 Å². The molecule has 0 bridgehead atoms. The van der Waals surface area contributed by atoms with Gasteiger partial charge >= 0.3 is 0 Å². The summed E-state index contributed by atoms with van der Waals surface area (Å²) in [6.45, 7) is 0.766. The Kier molecular flexibility index (Phi) is 4.41. The minimum Gasteiger partial charge on any atom is -0.497 e. The fraction of sp³-hybridized carbons (Fsp3) is 0.312. The quantitative estimate of drug-likeness (QED) is 0.859. The Morgan fingerprint density at radius 2 is 1.95 bits per heavy atom. The predicted octanol–water partition coefficient (Wildman–Crippen LogP) is 3.90. The molecule has 2 aromatic rings. The van der Waals surface area contributed by atoms with Gasteiger partial charge < -0.3 is 14.8 Å². The van der Waals surface area contributed by atoms with Gasteiger partial charge in [0, 0.05) is 28.8 Å². The molecule has 0 radical (unpaired) electrons. The maximum atomic E-state index is 5.89. The van der Waals surface area contributed by atoms with Crippen molar-refractivity contribution in [1.82, 2.24) is 10.3 Å². The Bertz CT molecular complexity index is 612. The third kappa shape index (κ3) is 3.95. The van der Waals surface area contributed by atoms with Crippen molar-refractivity contribution in [2.75, 3.05) is 7.11 Å². The van der Waals surface area contributed by atoms with Crippen LogP contribution in [0.1, 0.15) is 18.4 Å². The molecule has 21 heavy (non-hydrogen) atoms. The van der Waals surface area contributed by atoms with Crippen molar-refractivity contribution in [2.24, 2.45) is 0 Å². The second-order valence-corrected chi connectivity index (χ2v) is 5.97. The summed E-state index contributed by atoms with van der Waals surface area (Å²) in [5.74, 6) is 2.19. The van der Waals surface area contributed by atoms with Crippen molar-refractivity contribution in [3.05, 3.63) is 46.6 Å². The van der Waals surface area contributed by atoms with Gasteiger partial charge in [-0.05, 0) is 59.1 Å². The zero-order valence-corrected chi connectivity index (χ0v) is 13.4. The van der Waals surface area contributed by atoms with E-state index in [2.05, 4.69) is 26.2 Å². The summed E-state index contributed by atoms with van der Waals surface area (Å²) in [5.41, 5.74) is 1.05. The molecule has 3 rings (SSSR count). The Labute approximate surface area is 132 Å². The van der Waals surface area contributed by atoms with E-state index in [0.29, 0.717) is 11.9 Å². The Morgan fingerprint density at radius 3 is 2.62 bits per heavy atom. The summed E-state index contributed by atoms with van der Waals surface area (Å²) >= 11 is 3.46. The lowest BCUT2D eigenvalue weighted by Crippen LogP contribution is -2.16. The van der Waals surface area contributed by atoms with Crippen LogP contribution < -0.4 is 14.8 Å². The number of aromatic nitrogens is 1. The van der Waals surface area contributed by atoms with Crippen molar-refractivity contribution < 1.29 is 9.47 Å². The molecule has 110 valence electrons. The third-order valence-corrected chi connectivity index (χ3v) is 3.76. The van der Waals surface area contributed by atoms with E-state index < -0.39 is 0 Å². The van der Waals surface area contributed by atoms with Gasteiger partial charge in [-0.25, -0.2) is 4.98 Å². The second kappa shape index (κ2) is 6.45. The molecule has 1 saturated carbocycles. The van der Waals surface area contributed by atoms with Gasteiger partial charge in [-0.1, -0.05) is 0 Å². The summed E-state index contributed by atoms with van der Waals surface area (Å²) in [5, 5.41) is 3.48. The van der Waals surface area contributed by atoms with E-state index in [1.165, 1.54) is 12.8 Å². The first kappa shape index (κ1) is 14.4. The van der Waals surface area contributed by atoms with Gasteiger partial charge in [0.1, 0.15) is 11.5 Å². The highest BCUT2D eigenvalue weighted by atomic mass is 79.9. The molecule has 1 aliphatic rings. The van der Waals surface area contributed by atoms with Crippen LogP contribution >= 0.6 is 15.9 Å². The van der Waals surface area contributed by atoms with Crippen LogP contribution in [0.15, 0.2) is 41.0 Å². The van der Waals surface area contributed by atoms with Crippen LogP contribution in [0.25, 0.3) is 0 Å². The molecule has 5 heteroatoms. The first-order valence-corrected chi connectivity index (χ1v) is 7.73. The van der Waals surface area contributed by atoms with Crippen LogP contribution in [-0.4, -0.2) is 18.1 Å². The predicted molar refractivity (Wildman–Crippen MR) is 84.9 cm³/mol. The summed E-state index contributed by atoms with van der Waals surface area (Å²) in [4.78, 5) is 4.37. The number of halogens is 1. The Morgan fingerprint density at radius 1 is 1.24 bits per heavy atom. The first-order chi connectivity index (χ1) is 10.2. The van der Waals surface area contributed by atoms with Crippen LogP contribution in [-0.2, 0) is 6.54 Å². The molecule has 0 unspecified atom stereocenters. The number of ether oxygens (including phenoxy) is 2. The minimum atomic E-state index is 0.636. The molecular weight excluding hydrogens is 332 g/mol. The number of nitrogens with zero attached hydrogens (tertiary/aromatic N) is 1. The fourth-order valence-electron chi connectivity index (χ4n) is 1.98. The van der Waals surface area contributed by atoms with Crippen LogP contribution in [0, 0.1) is 0 Å². The molecule has 1 aliphatic carbocycles. The topological polar surface area (TPSA) is 43.4 Å². The molecule has 0 amide bonds. The van der Waals surface area contributed by atoms with E-state index in [9.17, 15) is 0 Å². The monoisotopic (exact) mass is 348 g/mol. The maximum Gasteiger partial charge on any atom is 0.223 e. The molecule has 1 fully saturated rings. The molecular formula is C16H17BrN2O2. The second-order valence-electron chi connectivity index (χ2n) is 5.05. The van der Waals surface area contributed by atoms with Crippen molar-refractivity contribution >= 4 is 15.9 Å². The number of methoxy groups -OCH3 is 1. The van der Waals surface area contributed by atoms with E-state index in [4.69, 9.17) is 9.47 Å². The van der Waals surface area contributed by atoms with Crippen LogP contribution in [0.4, 0.5) is 0 Å². The lowest BCUT2D eigenvalue weighted by molar-refractivity contribution is 0.411. The standard InChI is InChI=1S/C16H17BrN2O2/c1-20-14-4-6-15(7-5-14)21-16-11(8-12(17)10-19-16)9-18-13-2-3-13/h4-8,10,13,18H,2-3,9H2,1H3. The summed E-state index contributed by atoms with van der Waals surface area (Å²) in [6.07, 6.45) is 4.27. The molecule has 0 atom stereocenters. The third-order valence-electron chi connectivity index (χ3n) is 3.32. The zero-order chi connectivity index (χ0) is 14.7. The minimum absolute atomic E-state index is 0.636. The molecule has 0 spiro atoms. The van der Waals surface area contributed by atoms with Gasteiger partial charge in [-0.2, -0.15) is 0 Å². The highest BCUT2D eigenvalue weighted by Crippen LogP contribution is 2.28. The molecule has 0 aliphatic heterocycles. The van der Waals surface area contributed by atoms with Gasteiger partial charge in [-0.3, -0.25) is 0 Å². The highest BCUT2D eigenvalue weighted by molar-refractivity contribution is 9.10. The number of benzene rings is 1. The van der Waals surface area contributed by atoms with E-state index in [1.54, 1.807) is 13.3 Å². The van der Waals surface area contributed by atoms with Gasteiger partial charge in [0.05, 0.1) is 7.11 Å². The summed E-state index contributed by atoms with van der Waals surface area (Å²) in [6, 6.07) is 10.2. The van der Waals surface area contributed by atoms with Crippen LogP contribution in [0.3, 0.4) is 0 Å². The average Bonchev–Trinajstić information content (AvgIpc) is 3.32. The SMILES string of the molecule is COc1ccc(Oc2ncc(Br)cc2CNC2CC2)cc1. The fourth-order valence-corrected chi connectivity index (χ4v) is 2.36.